The van der Waals surface area contributed by atoms with E-state index in [1.165, 1.54) is 0 Å². The van der Waals surface area contributed by atoms with Crippen molar-refractivity contribution in [3.05, 3.63) is 0 Å². The standard InChI is InChI=1S/C19H24O6/c1-16-5-3-9-18(8-16,7-11(16)21)12(14(22)23)13-17(2)10(20)4-6-19(9,13)25-15(17)24/h9-10,12-13,20H,3-8H2,1-2H3,(H,22,23)/t9-,10+,12-,13-,16-,17-,18-,19-/m1/s1. The Morgan fingerprint density at radius 3 is 2.60 bits per heavy atom. The van der Waals surface area contributed by atoms with Crippen LogP contribution in [0.3, 0.4) is 0 Å². The first-order valence-corrected chi connectivity index (χ1v) is 9.29. The minimum atomic E-state index is -1.19. The number of rotatable bonds is 1. The zero-order valence-electron chi connectivity index (χ0n) is 14.6. The summed E-state index contributed by atoms with van der Waals surface area (Å²) in [5.41, 5.74) is -3.08. The zero-order chi connectivity index (χ0) is 18.0. The van der Waals surface area contributed by atoms with Gasteiger partial charge in [-0.2, -0.15) is 0 Å². The smallest absolute Gasteiger partial charge is 0.315 e. The van der Waals surface area contributed by atoms with E-state index in [0.29, 0.717) is 19.3 Å². The van der Waals surface area contributed by atoms with Crippen LogP contribution in [0.25, 0.3) is 0 Å². The van der Waals surface area contributed by atoms with Crippen molar-refractivity contribution in [1.29, 1.82) is 0 Å². The number of aliphatic carboxylic acids is 1. The third-order valence-corrected chi connectivity index (χ3v) is 8.77. The number of carboxylic acids is 1. The molecule has 4 aliphatic carbocycles. The Labute approximate surface area is 145 Å². The van der Waals surface area contributed by atoms with E-state index in [2.05, 4.69) is 0 Å². The lowest BCUT2D eigenvalue weighted by Crippen LogP contribution is -2.53. The van der Waals surface area contributed by atoms with Crippen LogP contribution in [0, 0.1) is 34.0 Å². The highest BCUT2D eigenvalue weighted by atomic mass is 16.6. The van der Waals surface area contributed by atoms with Crippen LogP contribution in [0.5, 0.6) is 0 Å². The van der Waals surface area contributed by atoms with Crippen LogP contribution in [0.1, 0.15) is 52.4 Å². The zero-order valence-corrected chi connectivity index (χ0v) is 14.6. The number of fused-ring (bicyclic) bond motifs is 1. The van der Waals surface area contributed by atoms with Gasteiger partial charge in [0.2, 0.25) is 0 Å². The number of ketones is 1. The first-order chi connectivity index (χ1) is 11.6. The molecule has 6 nitrogen and oxygen atoms in total. The second-order valence-corrected chi connectivity index (χ2v) is 9.64. The molecule has 0 aromatic rings. The van der Waals surface area contributed by atoms with Gasteiger partial charge in [0.15, 0.2) is 0 Å². The van der Waals surface area contributed by atoms with Gasteiger partial charge in [0, 0.05) is 23.7 Å². The number of carbonyl (C=O) groups is 3. The predicted octanol–water partition coefficient (Wildman–Crippen LogP) is 1.54. The quantitative estimate of drug-likeness (QED) is 0.697. The maximum Gasteiger partial charge on any atom is 0.315 e. The first-order valence-electron chi connectivity index (χ1n) is 9.29. The number of esters is 1. The molecule has 0 aromatic heterocycles. The predicted molar refractivity (Wildman–Crippen MR) is 84.3 cm³/mol. The molecule has 0 radical (unpaired) electrons. The fraction of sp³-hybridized carbons (Fsp3) is 0.842. The molecule has 1 aliphatic heterocycles. The largest absolute Gasteiger partial charge is 0.481 e. The molecule has 0 aromatic carbocycles. The summed E-state index contributed by atoms with van der Waals surface area (Å²) < 4.78 is 5.96. The molecule has 25 heavy (non-hydrogen) atoms. The van der Waals surface area contributed by atoms with Crippen LogP contribution < -0.4 is 0 Å². The number of carboxylic acid groups (broad SMARTS) is 1. The highest BCUT2D eigenvalue weighted by Crippen LogP contribution is 2.78. The molecule has 4 saturated carbocycles. The van der Waals surface area contributed by atoms with Gasteiger partial charge in [-0.25, -0.2) is 0 Å². The Kier molecular flexibility index (Phi) is 2.59. The molecule has 1 heterocycles. The fourth-order valence-corrected chi connectivity index (χ4v) is 7.80. The lowest BCUT2D eigenvalue weighted by molar-refractivity contribution is -0.163. The highest BCUT2D eigenvalue weighted by molar-refractivity contribution is 5.91. The Morgan fingerprint density at radius 1 is 1.20 bits per heavy atom. The van der Waals surface area contributed by atoms with Crippen LogP contribution in [0.4, 0.5) is 0 Å². The minimum Gasteiger partial charge on any atom is -0.481 e. The molecule has 5 fully saturated rings. The Bertz CT molecular complexity index is 731. The van der Waals surface area contributed by atoms with E-state index >= 15 is 0 Å². The molecular formula is C19H24O6. The molecule has 8 atom stereocenters. The van der Waals surface area contributed by atoms with Gasteiger partial charge in [0.05, 0.1) is 17.4 Å². The van der Waals surface area contributed by atoms with Crippen molar-refractivity contribution >= 4 is 17.7 Å². The summed E-state index contributed by atoms with van der Waals surface area (Å²) in [6.07, 6.45) is 2.36. The molecule has 0 amide bonds. The van der Waals surface area contributed by atoms with Crippen LogP contribution in [-0.4, -0.2) is 39.6 Å². The lowest BCUT2D eigenvalue weighted by Gasteiger charge is -2.45. The minimum absolute atomic E-state index is 0.0936. The van der Waals surface area contributed by atoms with Gasteiger partial charge in [-0.3, -0.25) is 14.4 Å². The fourth-order valence-electron chi connectivity index (χ4n) is 7.80. The summed E-state index contributed by atoms with van der Waals surface area (Å²) in [6.45, 7) is 3.63. The maximum atomic E-state index is 12.8. The molecule has 6 heteroatoms. The summed E-state index contributed by atoms with van der Waals surface area (Å²) in [5.74, 6) is -2.70. The average Bonchev–Trinajstić information content (AvgIpc) is 2.95. The molecule has 1 spiro atoms. The van der Waals surface area contributed by atoms with E-state index in [-0.39, 0.29) is 18.1 Å². The van der Waals surface area contributed by atoms with Crippen molar-refractivity contribution in [1.82, 2.24) is 0 Å². The lowest BCUT2D eigenvalue weighted by atomic mass is 9.59. The van der Waals surface area contributed by atoms with E-state index in [0.717, 1.165) is 12.8 Å². The number of hydrogen-bond donors (Lipinski definition) is 2. The van der Waals surface area contributed by atoms with E-state index < -0.39 is 51.7 Å². The number of carbonyl (C=O) groups excluding carboxylic acids is 2. The van der Waals surface area contributed by atoms with Gasteiger partial charge in [-0.15, -0.1) is 0 Å². The van der Waals surface area contributed by atoms with Crippen molar-refractivity contribution in [3.8, 4) is 0 Å². The van der Waals surface area contributed by atoms with E-state index in [1.54, 1.807) is 6.92 Å². The number of aliphatic hydroxyl groups excluding tert-OH is 1. The molecular weight excluding hydrogens is 324 g/mol. The summed E-state index contributed by atoms with van der Waals surface area (Å²) in [4.78, 5) is 37.9. The Morgan fingerprint density at radius 2 is 1.92 bits per heavy atom. The highest BCUT2D eigenvalue weighted by Gasteiger charge is 2.84. The van der Waals surface area contributed by atoms with Crippen LogP contribution in [0.2, 0.25) is 0 Å². The second-order valence-electron chi connectivity index (χ2n) is 9.64. The monoisotopic (exact) mass is 348 g/mol. The van der Waals surface area contributed by atoms with E-state index in [4.69, 9.17) is 4.74 Å². The van der Waals surface area contributed by atoms with E-state index in [9.17, 15) is 24.6 Å². The van der Waals surface area contributed by atoms with E-state index in [1.807, 2.05) is 6.92 Å². The van der Waals surface area contributed by atoms with Gasteiger partial charge in [-0.05, 0) is 44.4 Å². The first kappa shape index (κ1) is 15.8. The number of Topliss-reactive ketones (excluding diaryl/α,β-unsaturated/α-hetero) is 1. The molecule has 1 saturated heterocycles. The van der Waals surface area contributed by atoms with Crippen LogP contribution in [0.15, 0.2) is 0 Å². The molecule has 2 N–H and O–H groups in total. The third kappa shape index (κ3) is 1.40. The number of aliphatic hydroxyl groups is 1. The maximum absolute atomic E-state index is 12.8. The number of ether oxygens (including phenoxy) is 1. The third-order valence-electron chi connectivity index (χ3n) is 8.77. The van der Waals surface area contributed by atoms with Crippen molar-refractivity contribution < 1.29 is 29.3 Å². The summed E-state index contributed by atoms with van der Waals surface area (Å²) >= 11 is 0. The van der Waals surface area contributed by atoms with Gasteiger partial charge >= 0.3 is 11.9 Å². The Balaban J connectivity index is 1.76. The molecule has 4 bridgehead atoms. The van der Waals surface area contributed by atoms with Gasteiger partial charge in [-0.1, -0.05) is 6.92 Å². The van der Waals surface area contributed by atoms with Crippen LogP contribution in [-0.2, 0) is 19.1 Å². The average molecular weight is 348 g/mol. The summed E-state index contributed by atoms with van der Waals surface area (Å²) in [6, 6.07) is 0. The molecule has 136 valence electrons. The molecule has 5 aliphatic rings. The SMILES string of the molecule is C[C@]12CC[C@@H]3[C@@](CC1=O)(C2)[C@@H](C(=O)O)[C@H]1[C@@]32CC[C@H](O)[C@@]1(C)C(=O)O2. The normalized spacial score (nSPS) is 58.7. The summed E-state index contributed by atoms with van der Waals surface area (Å²) in [7, 11) is 0. The second kappa shape index (κ2) is 4.11. The van der Waals surface area contributed by atoms with Crippen molar-refractivity contribution in [2.24, 2.45) is 34.0 Å². The van der Waals surface area contributed by atoms with Gasteiger partial charge < -0.3 is 14.9 Å². The molecule has 5 rings (SSSR count). The number of hydrogen-bond acceptors (Lipinski definition) is 5. The van der Waals surface area contributed by atoms with Crippen molar-refractivity contribution in [2.75, 3.05) is 0 Å². The van der Waals surface area contributed by atoms with Gasteiger partial charge in [0.1, 0.15) is 11.4 Å². The van der Waals surface area contributed by atoms with Crippen LogP contribution >= 0.6 is 0 Å². The topological polar surface area (TPSA) is 101 Å². The molecule has 0 unspecified atom stereocenters. The van der Waals surface area contributed by atoms with Crippen molar-refractivity contribution in [3.63, 3.8) is 0 Å². The Hall–Kier alpha value is -1.43. The summed E-state index contributed by atoms with van der Waals surface area (Å²) in [5, 5.41) is 20.8. The van der Waals surface area contributed by atoms with Gasteiger partial charge in [0.25, 0.3) is 0 Å². The van der Waals surface area contributed by atoms with Crippen molar-refractivity contribution in [2.45, 2.75) is 64.1 Å².